The van der Waals surface area contributed by atoms with Crippen LogP contribution in [-0.4, -0.2) is 50.5 Å². The Morgan fingerprint density at radius 1 is 1.20 bits per heavy atom. The van der Waals surface area contributed by atoms with Gasteiger partial charge in [-0.25, -0.2) is 22.8 Å². The van der Waals surface area contributed by atoms with Crippen molar-refractivity contribution in [3.63, 3.8) is 0 Å². The van der Waals surface area contributed by atoms with Crippen molar-refractivity contribution in [1.29, 1.82) is 0 Å². The standard InChI is InChI=1S/C21H21ClFN3O3S/c1-26(2)8-3-9-29-10-11-30(27,28)17-5-7-20-16(12-17)14-24-21(25-20)15-4-6-19(23)18(22)13-15/h4-7,10-14H,3,8-9H2,1-2H3/b11-10+. The molecule has 0 saturated heterocycles. The van der Waals surface area contributed by atoms with Gasteiger partial charge in [0, 0.05) is 23.7 Å². The van der Waals surface area contributed by atoms with Gasteiger partial charge >= 0.3 is 0 Å². The lowest BCUT2D eigenvalue weighted by Gasteiger charge is -2.08. The van der Waals surface area contributed by atoms with Crippen molar-refractivity contribution in [3.8, 4) is 11.4 Å². The maximum atomic E-state index is 13.4. The van der Waals surface area contributed by atoms with Crippen LogP contribution in [0.3, 0.4) is 0 Å². The topological polar surface area (TPSA) is 72.4 Å². The molecule has 0 radical (unpaired) electrons. The van der Waals surface area contributed by atoms with E-state index in [2.05, 4.69) is 9.97 Å². The minimum absolute atomic E-state index is 0.0200. The lowest BCUT2D eigenvalue weighted by atomic mass is 10.2. The lowest BCUT2D eigenvalue weighted by Crippen LogP contribution is -2.14. The van der Waals surface area contributed by atoms with Gasteiger partial charge in [0.2, 0.25) is 9.84 Å². The van der Waals surface area contributed by atoms with E-state index in [1.165, 1.54) is 42.8 Å². The molecule has 1 heterocycles. The molecule has 0 aliphatic heterocycles. The van der Waals surface area contributed by atoms with Crippen LogP contribution in [0.4, 0.5) is 4.39 Å². The van der Waals surface area contributed by atoms with Crippen LogP contribution in [0, 0.1) is 5.82 Å². The Kier molecular flexibility index (Phi) is 7.02. The first-order valence-corrected chi connectivity index (χ1v) is 11.1. The van der Waals surface area contributed by atoms with Gasteiger partial charge in [-0.05, 0) is 56.9 Å². The van der Waals surface area contributed by atoms with Gasteiger partial charge in [-0.15, -0.1) is 0 Å². The molecule has 0 atom stereocenters. The summed E-state index contributed by atoms with van der Waals surface area (Å²) in [7, 11) is 0.261. The molecule has 0 unspecified atom stereocenters. The van der Waals surface area contributed by atoms with E-state index in [4.69, 9.17) is 16.3 Å². The van der Waals surface area contributed by atoms with Crippen molar-refractivity contribution in [2.24, 2.45) is 0 Å². The van der Waals surface area contributed by atoms with E-state index in [9.17, 15) is 12.8 Å². The third kappa shape index (κ3) is 5.53. The molecule has 0 spiro atoms. The summed E-state index contributed by atoms with van der Waals surface area (Å²) in [4.78, 5) is 10.8. The zero-order chi connectivity index (χ0) is 21.7. The molecule has 1 aromatic heterocycles. The number of hydrogen-bond donors (Lipinski definition) is 0. The molecule has 30 heavy (non-hydrogen) atoms. The molecule has 0 aliphatic rings. The van der Waals surface area contributed by atoms with Crippen LogP contribution < -0.4 is 0 Å². The number of ether oxygens (including phenoxy) is 1. The van der Waals surface area contributed by atoms with E-state index in [-0.39, 0.29) is 9.92 Å². The summed E-state index contributed by atoms with van der Waals surface area (Å²) in [6.07, 6.45) is 3.52. The number of halogens is 2. The molecule has 0 bridgehead atoms. The summed E-state index contributed by atoms with van der Waals surface area (Å²) in [5, 5.41) is 1.58. The van der Waals surface area contributed by atoms with Crippen molar-refractivity contribution in [1.82, 2.24) is 14.9 Å². The highest BCUT2D eigenvalue weighted by Crippen LogP contribution is 2.25. The average molecular weight is 450 g/mol. The molecule has 3 aromatic rings. The van der Waals surface area contributed by atoms with Gasteiger partial charge in [-0.1, -0.05) is 11.6 Å². The molecule has 158 valence electrons. The van der Waals surface area contributed by atoms with E-state index < -0.39 is 15.7 Å². The average Bonchev–Trinajstić information content (AvgIpc) is 2.71. The SMILES string of the molecule is CN(C)CCCO/C=C/S(=O)(=O)c1ccc2nc(-c3ccc(F)c(Cl)c3)ncc2c1. The molecule has 3 rings (SSSR count). The van der Waals surface area contributed by atoms with Gasteiger partial charge in [0.1, 0.15) is 5.82 Å². The molecule has 0 fully saturated rings. The van der Waals surface area contributed by atoms with Gasteiger partial charge in [0.15, 0.2) is 5.82 Å². The van der Waals surface area contributed by atoms with Crippen molar-refractivity contribution in [3.05, 3.63) is 65.1 Å². The van der Waals surface area contributed by atoms with E-state index in [0.29, 0.717) is 28.9 Å². The third-order valence-electron chi connectivity index (χ3n) is 4.26. The summed E-state index contributed by atoms with van der Waals surface area (Å²) in [6, 6.07) is 8.80. The maximum Gasteiger partial charge on any atom is 0.202 e. The number of nitrogens with zero attached hydrogens (tertiary/aromatic N) is 3. The molecule has 0 N–H and O–H groups in total. The first-order chi connectivity index (χ1) is 14.3. The molecule has 0 saturated carbocycles. The Bertz CT molecular complexity index is 1180. The van der Waals surface area contributed by atoms with Crippen molar-refractivity contribution >= 4 is 32.3 Å². The first-order valence-electron chi connectivity index (χ1n) is 9.16. The fraction of sp³-hybridized carbons (Fsp3) is 0.238. The predicted molar refractivity (Wildman–Crippen MR) is 115 cm³/mol. The number of hydrogen-bond acceptors (Lipinski definition) is 6. The molecule has 6 nitrogen and oxygen atoms in total. The molecule has 0 aliphatic carbocycles. The summed E-state index contributed by atoms with van der Waals surface area (Å²) in [6.45, 7) is 1.29. The fourth-order valence-electron chi connectivity index (χ4n) is 2.69. The Hall–Kier alpha value is -2.55. The second-order valence-electron chi connectivity index (χ2n) is 6.89. The molecule has 0 amide bonds. The number of rotatable bonds is 8. The maximum absolute atomic E-state index is 13.4. The zero-order valence-corrected chi connectivity index (χ0v) is 18.1. The van der Waals surface area contributed by atoms with Crippen LogP contribution in [0.25, 0.3) is 22.3 Å². The zero-order valence-electron chi connectivity index (χ0n) is 16.5. The Morgan fingerprint density at radius 3 is 2.73 bits per heavy atom. The quantitative estimate of drug-likeness (QED) is 0.377. The normalized spacial score (nSPS) is 12.2. The molecular formula is C21H21ClFN3O3S. The van der Waals surface area contributed by atoms with Gasteiger partial charge in [0.05, 0.1) is 33.7 Å². The minimum Gasteiger partial charge on any atom is -0.500 e. The van der Waals surface area contributed by atoms with Crippen molar-refractivity contribution in [2.45, 2.75) is 11.3 Å². The molecular weight excluding hydrogens is 429 g/mol. The first kappa shape index (κ1) is 22.1. The Morgan fingerprint density at radius 2 is 2.00 bits per heavy atom. The summed E-state index contributed by atoms with van der Waals surface area (Å²) < 4.78 is 43.6. The highest BCUT2D eigenvalue weighted by Gasteiger charge is 2.13. The summed E-state index contributed by atoms with van der Waals surface area (Å²) in [5.74, 6) is -0.156. The van der Waals surface area contributed by atoms with E-state index in [1.54, 1.807) is 6.07 Å². The molecule has 2 aromatic carbocycles. The summed E-state index contributed by atoms with van der Waals surface area (Å²) in [5.41, 5.74) is 1.12. The van der Waals surface area contributed by atoms with Crippen LogP contribution in [0.1, 0.15) is 6.42 Å². The van der Waals surface area contributed by atoms with Gasteiger partial charge in [0.25, 0.3) is 0 Å². The largest absolute Gasteiger partial charge is 0.500 e. The van der Waals surface area contributed by atoms with Crippen LogP contribution in [0.2, 0.25) is 5.02 Å². The Balaban J connectivity index is 1.77. The fourth-order valence-corrected chi connectivity index (χ4v) is 3.80. The second kappa shape index (κ2) is 9.51. The van der Waals surface area contributed by atoms with Crippen LogP contribution in [-0.2, 0) is 14.6 Å². The highest BCUT2D eigenvalue weighted by atomic mass is 35.5. The number of aromatic nitrogens is 2. The number of sulfone groups is 1. The second-order valence-corrected chi connectivity index (χ2v) is 9.13. The van der Waals surface area contributed by atoms with Crippen molar-refractivity contribution < 1.29 is 17.5 Å². The monoisotopic (exact) mass is 449 g/mol. The summed E-state index contributed by atoms with van der Waals surface area (Å²) >= 11 is 5.82. The Labute approximate surface area is 179 Å². The van der Waals surface area contributed by atoms with Crippen molar-refractivity contribution in [2.75, 3.05) is 27.2 Å². The molecule has 9 heteroatoms. The van der Waals surface area contributed by atoms with Gasteiger partial charge in [-0.3, -0.25) is 0 Å². The van der Waals surface area contributed by atoms with Crippen LogP contribution in [0.5, 0.6) is 0 Å². The third-order valence-corrected chi connectivity index (χ3v) is 5.93. The van der Waals surface area contributed by atoms with E-state index in [0.717, 1.165) is 18.4 Å². The smallest absolute Gasteiger partial charge is 0.202 e. The van der Waals surface area contributed by atoms with Crippen LogP contribution >= 0.6 is 11.6 Å². The van der Waals surface area contributed by atoms with E-state index >= 15 is 0 Å². The van der Waals surface area contributed by atoms with E-state index in [1.807, 2.05) is 19.0 Å². The van der Waals surface area contributed by atoms with Crippen LogP contribution in [0.15, 0.2) is 59.2 Å². The highest BCUT2D eigenvalue weighted by molar-refractivity contribution is 7.94. The number of benzene rings is 2. The predicted octanol–water partition coefficient (Wildman–Crippen LogP) is 4.30. The van der Waals surface area contributed by atoms with Gasteiger partial charge < -0.3 is 9.64 Å². The lowest BCUT2D eigenvalue weighted by molar-refractivity contribution is 0.228. The minimum atomic E-state index is -3.66. The van der Waals surface area contributed by atoms with Gasteiger partial charge in [-0.2, -0.15) is 0 Å². The number of fused-ring (bicyclic) bond motifs is 1.